The van der Waals surface area contributed by atoms with Gasteiger partial charge in [-0.2, -0.15) is 0 Å². The number of hydrogen-bond donors (Lipinski definition) is 1. The van der Waals surface area contributed by atoms with Crippen LogP contribution >= 0.6 is 0 Å². The van der Waals surface area contributed by atoms with Crippen LogP contribution in [0.5, 0.6) is 5.75 Å². The molecular weight excluding hydrogens is 179 g/mol. The van der Waals surface area contributed by atoms with Crippen molar-refractivity contribution in [2.24, 2.45) is 0 Å². The summed E-state index contributed by atoms with van der Waals surface area (Å²) >= 11 is 0. The van der Waals surface area contributed by atoms with Crippen LogP contribution in [0, 0.1) is 11.9 Å². The molecule has 14 heavy (non-hydrogen) atoms. The predicted octanol–water partition coefficient (Wildman–Crippen LogP) is 3.00. The normalized spacial score (nSPS) is 10.1. The van der Waals surface area contributed by atoms with Gasteiger partial charge >= 0.3 is 0 Å². The van der Waals surface area contributed by atoms with Gasteiger partial charge in [0, 0.05) is 5.56 Å². The second-order valence-corrected chi connectivity index (χ2v) is 2.94. The van der Waals surface area contributed by atoms with Crippen molar-refractivity contribution in [2.45, 2.75) is 0 Å². The maximum Gasteiger partial charge on any atom is 0.124 e. The number of halogens is 1. The molecular formula is C12H8FO. The van der Waals surface area contributed by atoms with Crippen LogP contribution in [0.2, 0.25) is 0 Å². The van der Waals surface area contributed by atoms with Crippen LogP contribution in [-0.4, -0.2) is 5.11 Å². The molecule has 1 nitrogen and oxygen atoms in total. The summed E-state index contributed by atoms with van der Waals surface area (Å²) in [7, 11) is 0. The molecule has 0 spiro atoms. The van der Waals surface area contributed by atoms with E-state index < -0.39 is 0 Å². The van der Waals surface area contributed by atoms with Crippen molar-refractivity contribution in [3.63, 3.8) is 0 Å². The fraction of sp³-hybridized carbons (Fsp3) is 0. The third kappa shape index (κ3) is 1.59. The molecule has 0 fully saturated rings. The summed E-state index contributed by atoms with van der Waals surface area (Å²) in [4.78, 5) is 0. The van der Waals surface area contributed by atoms with Gasteiger partial charge in [0.2, 0.25) is 0 Å². The van der Waals surface area contributed by atoms with Crippen LogP contribution in [0.1, 0.15) is 0 Å². The highest BCUT2D eigenvalue weighted by Crippen LogP contribution is 2.27. The smallest absolute Gasteiger partial charge is 0.124 e. The molecule has 1 radical (unpaired) electrons. The zero-order valence-electron chi connectivity index (χ0n) is 7.37. The summed E-state index contributed by atoms with van der Waals surface area (Å²) in [6, 6.07) is 13.8. The van der Waals surface area contributed by atoms with E-state index in [-0.39, 0.29) is 11.6 Å². The maximum atomic E-state index is 12.9. The zero-order valence-corrected chi connectivity index (χ0v) is 7.37. The highest BCUT2D eigenvalue weighted by Gasteiger charge is 2.03. The minimum Gasteiger partial charge on any atom is -0.507 e. The van der Waals surface area contributed by atoms with Gasteiger partial charge in [0.25, 0.3) is 0 Å². The van der Waals surface area contributed by atoms with Gasteiger partial charge in [0.05, 0.1) is 0 Å². The summed E-state index contributed by atoms with van der Waals surface area (Å²) < 4.78 is 12.9. The molecule has 0 aliphatic carbocycles. The van der Waals surface area contributed by atoms with Gasteiger partial charge < -0.3 is 5.11 Å². The van der Waals surface area contributed by atoms with E-state index in [0.717, 1.165) is 0 Å². The molecule has 69 valence electrons. The molecule has 0 aliphatic rings. The minimum atomic E-state index is -0.320. The number of phenolic OH excluding ortho intramolecular Hbond substituents is 1. The molecule has 0 heterocycles. The quantitative estimate of drug-likeness (QED) is 0.727. The van der Waals surface area contributed by atoms with Gasteiger partial charge in [0.1, 0.15) is 11.6 Å². The zero-order chi connectivity index (χ0) is 9.97. The SMILES string of the molecule is Oc1ccc[c]c1-c1cccc(F)c1. The summed E-state index contributed by atoms with van der Waals surface area (Å²) in [6.07, 6.45) is 0. The lowest BCUT2D eigenvalue weighted by Gasteiger charge is -2.03. The Balaban J connectivity index is 2.55. The van der Waals surface area contributed by atoms with E-state index in [4.69, 9.17) is 0 Å². The second kappa shape index (κ2) is 3.50. The molecule has 0 saturated carbocycles. The average molecular weight is 187 g/mol. The van der Waals surface area contributed by atoms with Crippen molar-refractivity contribution < 1.29 is 9.50 Å². The van der Waals surface area contributed by atoms with E-state index in [9.17, 15) is 9.50 Å². The molecule has 0 unspecified atom stereocenters. The molecule has 2 rings (SSSR count). The van der Waals surface area contributed by atoms with Crippen molar-refractivity contribution >= 4 is 0 Å². The van der Waals surface area contributed by atoms with Crippen molar-refractivity contribution in [2.75, 3.05) is 0 Å². The summed E-state index contributed by atoms with van der Waals surface area (Å²) in [5, 5.41) is 9.50. The summed E-state index contributed by atoms with van der Waals surface area (Å²) in [5.74, 6) is -0.211. The number of rotatable bonds is 1. The van der Waals surface area contributed by atoms with Crippen LogP contribution in [0.25, 0.3) is 11.1 Å². The lowest BCUT2D eigenvalue weighted by Crippen LogP contribution is -1.80. The Bertz CT molecular complexity index is 452. The highest BCUT2D eigenvalue weighted by molar-refractivity contribution is 5.69. The van der Waals surface area contributed by atoms with Crippen LogP contribution in [0.4, 0.5) is 4.39 Å². The lowest BCUT2D eigenvalue weighted by atomic mass is 10.0. The molecule has 0 aliphatic heterocycles. The van der Waals surface area contributed by atoms with Gasteiger partial charge in [-0.05, 0) is 29.8 Å². The molecule has 2 aromatic carbocycles. The van der Waals surface area contributed by atoms with Crippen molar-refractivity contribution in [1.82, 2.24) is 0 Å². The van der Waals surface area contributed by atoms with Crippen LogP contribution in [-0.2, 0) is 0 Å². The molecule has 2 heteroatoms. The number of benzene rings is 2. The minimum absolute atomic E-state index is 0.109. The first-order chi connectivity index (χ1) is 6.77. The van der Waals surface area contributed by atoms with Gasteiger partial charge in [-0.1, -0.05) is 24.3 Å². The molecule has 0 atom stereocenters. The second-order valence-electron chi connectivity index (χ2n) is 2.94. The Morgan fingerprint density at radius 1 is 1.14 bits per heavy atom. The monoisotopic (exact) mass is 187 g/mol. The van der Waals surface area contributed by atoms with E-state index in [1.807, 2.05) is 0 Å². The Morgan fingerprint density at radius 2 is 2.00 bits per heavy atom. The predicted molar refractivity (Wildman–Crippen MR) is 52.3 cm³/mol. The first-order valence-corrected chi connectivity index (χ1v) is 4.23. The van der Waals surface area contributed by atoms with E-state index in [2.05, 4.69) is 6.07 Å². The van der Waals surface area contributed by atoms with Crippen molar-refractivity contribution in [1.29, 1.82) is 0 Å². The summed E-state index contributed by atoms with van der Waals surface area (Å²) in [6.45, 7) is 0. The highest BCUT2D eigenvalue weighted by atomic mass is 19.1. The summed E-state index contributed by atoms with van der Waals surface area (Å²) in [5.41, 5.74) is 1.15. The van der Waals surface area contributed by atoms with Crippen LogP contribution in [0.3, 0.4) is 0 Å². The maximum absolute atomic E-state index is 12.9. The topological polar surface area (TPSA) is 20.2 Å². The van der Waals surface area contributed by atoms with E-state index in [1.54, 1.807) is 30.3 Å². The van der Waals surface area contributed by atoms with E-state index in [0.29, 0.717) is 11.1 Å². The van der Waals surface area contributed by atoms with E-state index in [1.165, 1.54) is 12.1 Å². The van der Waals surface area contributed by atoms with Crippen molar-refractivity contribution in [3.8, 4) is 16.9 Å². The molecule has 0 saturated heterocycles. The average Bonchev–Trinajstić information content (AvgIpc) is 2.18. The van der Waals surface area contributed by atoms with Crippen LogP contribution in [0.15, 0.2) is 42.5 Å². The Kier molecular flexibility index (Phi) is 2.19. The molecule has 1 N–H and O–H groups in total. The van der Waals surface area contributed by atoms with Crippen LogP contribution < -0.4 is 0 Å². The first-order valence-electron chi connectivity index (χ1n) is 4.23. The molecule has 0 bridgehead atoms. The Hall–Kier alpha value is -1.83. The number of phenols is 1. The largest absolute Gasteiger partial charge is 0.507 e. The number of aromatic hydroxyl groups is 1. The lowest BCUT2D eigenvalue weighted by molar-refractivity contribution is 0.477. The third-order valence-corrected chi connectivity index (χ3v) is 1.95. The van der Waals surface area contributed by atoms with Gasteiger partial charge in [-0.25, -0.2) is 4.39 Å². The van der Waals surface area contributed by atoms with E-state index >= 15 is 0 Å². The Labute approximate surface area is 81.4 Å². The Morgan fingerprint density at radius 3 is 2.71 bits per heavy atom. The molecule has 2 aromatic rings. The van der Waals surface area contributed by atoms with Gasteiger partial charge in [0.15, 0.2) is 0 Å². The molecule has 0 amide bonds. The standard InChI is InChI=1S/C12H8FO/c13-10-5-3-4-9(8-10)11-6-1-2-7-12(11)14/h1-5,7-8,14H. The molecule has 0 aromatic heterocycles. The fourth-order valence-electron chi connectivity index (χ4n) is 1.30. The first kappa shape index (κ1) is 8.75. The third-order valence-electron chi connectivity index (χ3n) is 1.95. The van der Waals surface area contributed by atoms with Crippen molar-refractivity contribution in [3.05, 3.63) is 54.3 Å². The fourth-order valence-corrected chi connectivity index (χ4v) is 1.30. The number of hydrogen-bond acceptors (Lipinski definition) is 1. The van der Waals surface area contributed by atoms with Gasteiger partial charge in [-0.3, -0.25) is 0 Å². The van der Waals surface area contributed by atoms with Gasteiger partial charge in [-0.15, -0.1) is 0 Å².